The van der Waals surface area contributed by atoms with Crippen LogP contribution in [-0.2, 0) is 6.42 Å². The summed E-state index contributed by atoms with van der Waals surface area (Å²) in [5, 5.41) is 10.9. The van der Waals surface area contributed by atoms with Gasteiger partial charge in [-0.05, 0) is 29.9 Å². The van der Waals surface area contributed by atoms with Crippen LogP contribution in [0.2, 0.25) is 5.02 Å². The second-order valence-electron chi connectivity index (χ2n) is 3.83. The summed E-state index contributed by atoms with van der Waals surface area (Å²) in [5.74, 6) is 1.91. The summed E-state index contributed by atoms with van der Waals surface area (Å²) in [6, 6.07) is 7.75. The van der Waals surface area contributed by atoms with E-state index in [1.165, 1.54) is 0 Å². The maximum atomic E-state index is 10.2. The molecule has 0 aliphatic carbocycles. The van der Waals surface area contributed by atoms with Crippen LogP contribution >= 0.6 is 23.4 Å². The van der Waals surface area contributed by atoms with Gasteiger partial charge in [-0.15, -0.1) is 0 Å². The molecule has 1 unspecified atom stereocenters. The third kappa shape index (κ3) is 2.44. The highest BCUT2D eigenvalue weighted by atomic mass is 35.5. The molecule has 1 N–H and O–H groups in total. The fraction of sp³-hybridized carbons (Fsp3) is 0.455. The Hall–Kier alpha value is -0.180. The van der Waals surface area contributed by atoms with E-state index in [1.54, 1.807) is 0 Å². The van der Waals surface area contributed by atoms with Gasteiger partial charge in [0.1, 0.15) is 0 Å². The van der Waals surface area contributed by atoms with Gasteiger partial charge in [-0.1, -0.05) is 23.7 Å². The van der Waals surface area contributed by atoms with E-state index in [-0.39, 0.29) is 0 Å². The summed E-state index contributed by atoms with van der Waals surface area (Å²) in [7, 11) is 0. The maximum absolute atomic E-state index is 10.2. The van der Waals surface area contributed by atoms with Crippen molar-refractivity contribution in [3.05, 3.63) is 34.9 Å². The fourth-order valence-electron chi connectivity index (χ4n) is 1.76. The molecule has 0 saturated carbocycles. The number of hydrogen-bond donors (Lipinski definition) is 1. The summed E-state index contributed by atoms with van der Waals surface area (Å²) in [6.45, 7) is 0. The molecule has 0 spiro atoms. The molecular weight excluding hydrogens is 216 g/mol. The van der Waals surface area contributed by atoms with E-state index >= 15 is 0 Å². The van der Waals surface area contributed by atoms with Crippen LogP contribution in [0.15, 0.2) is 24.3 Å². The smallest absolute Gasteiger partial charge is 0.0785 e. The summed E-state index contributed by atoms with van der Waals surface area (Å²) < 4.78 is 0. The van der Waals surface area contributed by atoms with Gasteiger partial charge in [0, 0.05) is 17.2 Å². The molecular formula is C11H13ClOS. The van der Waals surface area contributed by atoms with Crippen LogP contribution in [0.25, 0.3) is 0 Å². The van der Waals surface area contributed by atoms with Gasteiger partial charge in [0.15, 0.2) is 0 Å². The van der Waals surface area contributed by atoms with Gasteiger partial charge in [-0.2, -0.15) is 11.8 Å². The average Bonchev–Trinajstić information content (AvgIpc) is 2.51. The summed E-state index contributed by atoms with van der Waals surface area (Å²) >= 11 is 7.71. The second kappa shape index (κ2) is 4.13. The zero-order chi connectivity index (χ0) is 10.0. The van der Waals surface area contributed by atoms with Gasteiger partial charge in [0.05, 0.1) is 5.60 Å². The maximum Gasteiger partial charge on any atom is 0.0785 e. The molecule has 14 heavy (non-hydrogen) atoms. The Bertz CT molecular complexity index is 321. The van der Waals surface area contributed by atoms with Crippen molar-refractivity contribution in [2.45, 2.75) is 18.4 Å². The average molecular weight is 229 g/mol. The third-order valence-corrected chi connectivity index (χ3v) is 3.97. The van der Waals surface area contributed by atoms with E-state index in [9.17, 15) is 5.11 Å². The third-order valence-electron chi connectivity index (χ3n) is 2.50. The number of rotatable bonds is 2. The molecule has 1 aliphatic heterocycles. The first-order valence-electron chi connectivity index (χ1n) is 4.73. The Morgan fingerprint density at radius 1 is 1.50 bits per heavy atom. The van der Waals surface area contributed by atoms with E-state index in [4.69, 9.17) is 11.6 Å². The first-order valence-corrected chi connectivity index (χ1v) is 6.26. The predicted octanol–water partition coefficient (Wildman–Crippen LogP) is 2.75. The van der Waals surface area contributed by atoms with Crippen molar-refractivity contribution in [3.63, 3.8) is 0 Å². The van der Waals surface area contributed by atoms with Gasteiger partial charge in [-0.25, -0.2) is 0 Å². The molecule has 1 aliphatic rings. The van der Waals surface area contributed by atoms with Crippen molar-refractivity contribution < 1.29 is 5.11 Å². The van der Waals surface area contributed by atoms with Crippen LogP contribution in [-0.4, -0.2) is 22.2 Å². The number of halogens is 1. The van der Waals surface area contributed by atoms with Crippen molar-refractivity contribution >= 4 is 23.4 Å². The zero-order valence-corrected chi connectivity index (χ0v) is 9.44. The minimum absolute atomic E-state index is 0.505. The van der Waals surface area contributed by atoms with Gasteiger partial charge < -0.3 is 5.11 Å². The van der Waals surface area contributed by atoms with Crippen LogP contribution in [0.3, 0.4) is 0 Å². The normalized spacial score (nSPS) is 26.7. The summed E-state index contributed by atoms with van der Waals surface area (Å²) in [5.41, 5.74) is 0.623. The predicted molar refractivity (Wildman–Crippen MR) is 62.0 cm³/mol. The van der Waals surface area contributed by atoms with Crippen LogP contribution in [0.1, 0.15) is 12.0 Å². The van der Waals surface area contributed by atoms with Crippen molar-refractivity contribution in [2.24, 2.45) is 0 Å². The molecule has 1 aromatic rings. The quantitative estimate of drug-likeness (QED) is 0.840. The topological polar surface area (TPSA) is 20.2 Å². The fourth-order valence-corrected chi connectivity index (χ4v) is 3.27. The highest BCUT2D eigenvalue weighted by molar-refractivity contribution is 7.99. The van der Waals surface area contributed by atoms with Gasteiger partial charge in [0.2, 0.25) is 0 Å². The summed E-state index contributed by atoms with van der Waals surface area (Å²) in [6.07, 6.45) is 1.62. The molecule has 0 aromatic heterocycles. The minimum atomic E-state index is -0.505. The lowest BCUT2D eigenvalue weighted by Gasteiger charge is -2.21. The van der Waals surface area contributed by atoms with Crippen molar-refractivity contribution in [1.29, 1.82) is 0 Å². The Morgan fingerprint density at radius 3 is 3.00 bits per heavy atom. The molecule has 0 radical (unpaired) electrons. The van der Waals surface area contributed by atoms with Crippen molar-refractivity contribution in [1.82, 2.24) is 0 Å². The molecule has 1 heterocycles. The van der Waals surface area contributed by atoms with Crippen LogP contribution in [0.5, 0.6) is 0 Å². The van der Waals surface area contributed by atoms with E-state index in [1.807, 2.05) is 36.0 Å². The largest absolute Gasteiger partial charge is 0.389 e. The Morgan fingerprint density at radius 2 is 2.36 bits per heavy atom. The molecule has 0 bridgehead atoms. The zero-order valence-electron chi connectivity index (χ0n) is 7.87. The molecule has 0 amide bonds. The van der Waals surface area contributed by atoms with E-state index in [0.717, 1.165) is 34.9 Å². The van der Waals surface area contributed by atoms with Crippen LogP contribution in [0.4, 0.5) is 0 Å². The molecule has 3 heteroatoms. The molecule has 1 aromatic carbocycles. The van der Waals surface area contributed by atoms with Crippen LogP contribution < -0.4 is 0 Å². The second-order valence-corrected chi connectivity index (χ2v) is 5.38. The SMILES string of the molecule is OC1(Cc2cccc(Cl)c2)CCSC1. The molecule has 76 valence electrons. The number of aliphatic hydroxyl groups is 1. The number of hydrogen-bond acceptors (Lipinski definition) is 2. The molecule has 1 atom stereocenters. The van der Waals surface area contributed by atoms with Crippen LogP contribution in [0, 0.1) is 0 Å². The summed E-state index contributed by atoms with van der Waals surface area (Å²) in [4.78, 5) is 0. The first kappa shape index (κ1) is 10.3. The first-order chi connectivity index (χ1) is 6.68. The standard InChI is InChI=1S/C11H13ClOS/c12-10-3-1-2-9(6-10)7-11(13)4-5-14-8-11/h1-3,6,13H,4-5,7-8H2. The number of thioether (sulfide) groups is 1. The lowest BCUT2D eigenvalue weighted by Crippen LogP contribution is -2.30. The highest BCUT2D eigenvalue weighted by Crippen LogP contribution is 2.31. The van der Waals surface area contributed by atoms with Crippen molar-refractivity contribution in [3.8, 4) is 0 Å². The minimum Gasteiger partial charge on any atom is -0.389 e. The van der Waals surface area contributed by atoms with E-state index in [2.05, 4.69) is 0 Å². The molecule has 1 nitrogen and oxygen atoms in total. The van der Waals surface area contributed by atoms with Gasteiger partial charge >= 0.3 is 0 Å². The van der Waals surface area contributed by atoms with Gasteiger partial charge in [-0.3, -0.25) is 0 Å². The lowest BCUT2D eigenvalue weighted by atomic mass is 9.94. The molecule has 1 fully saturated rings. The Kier molecular flexibility index (Phi) is 3.05. The number of benzene rings is 1. The Labute approximate surface area is 93.5 Å². The molecule has 1 saturated heterocycles. The Balaban J connectivity index is 2.10. The molecule has 2 rings (SSSR count). The van der Waals surface area contributed by atoms with E-state index < -0.39 is 5.60 Å². The lowest BCUT2D eigenvalue weighted by molar-refractivity contribution is 0.0686. The monoisotopic (exact) mass is 228 g/mol. The highest BCUT2D eigenvalue weighted by Gasteiger charge is 2.31. The van der Waals surface area contributed by atoms with Gasteiger partial charge in [0.25, 0.3) is 0 Å². The van der Waals surface area contributed by atoms with Crippen molar-refractivity contribution in [2.75, 3.05) is 11.5 Å². The van der Waals surface area contributed by atoms with E-state index in [0.29, 0.717) is 0 Å².